The molecule has 0 aliphatic heterocycles. The molecule has 1 aromatic rings. The van der Waals surface area contributed by atoms with E-state index in [1.54, 1.807) is 0 Å². The molecule has 12 atom stereocenters. The first kappa shape index (κ1) is 64.7. The zero-order chi connectivity index (χ0) is 57.9. The Kier molecular flexibility index (Phi) is 23.5. The van der Waals surface area contributed by atoms with E-state index in [9.17, 15) is 24.0 Å². The third-order valence-electron chi connectivity index (χ3n) is 22.5. The average molecular weight is 1100 g/mol. The van der Waals surface area contributed by atoms with Crippen molar-refractivity contribution in [3.8, 4) is 0 Å². The van der Waals surface area contributed by atoms with E-state index >= 15 is 0 Å². The second-order valence-electron chi connectivity index (χ2n) is 28.4. The fourth-order valence-corrected chi connectivity index (χ4v) is 15.6. The first-order chi connectivity index (χ1) is 37.4. The SMILES string of the molecule is CCC(C)(C)C(=O)OCc1ccccc1.CCC(C)C(=O)OC12CC3CC(CC(C3)C1)C2.CCC(C)C(=O)OC1CC2CC1C1CCCC21.CCC(C)C(=O)OC1CC2CCC1(C)C2(C)C.CCC(C)C(=O)OC1CCCCC1. The van der Waals surface area contributed by atoms with E-state index < -0.39 is 0 Å². The Morgan fingerprint density at radius 1 is 0.570 bits per heavy atom. The van der Waals surface area contributed by atoms with Gasteiger partial charge in [-0.15, -0.1) is 0 Å². The zero-order valence-corrected chi connectivity index (χ0v) is 52.3. The summed E-state index contributed by atoms with van der Waals surface area (Å²) in [6, 6.07) is 9.72. The fourth-order valence-electron chi connectivity index (χ4n) is 15.6. The Bertz CT molecular complexity index is 2070. The first-order valence-electron chi connectivity index (χ1n) is 32.5. The Morgan fingerprint density at radius 3 is 1.59 bits per heavy atom. The van der Waals surface area contributed by atoms with Gasteiger partial charge in [-0.05, 0) is 213 Å². The van der Waals surface area contributed by atoms with Crippen LogP contribution < -0.4 is 0 Å². The first-order valence-corrected chi connectivity index (χ1v) is 32.5. The smallest absolute Gasteiger partial charge is 0.311 e. The van der Waals surface area contributed by atoms with Crippen LogP contribution >= 0.6 is 0 Å². The number of rotatable bonds is 16. The molecule has 10 saturated carbocycles. The van der Waals surface area contributed by atoms with Gasteiger partial charge in [0.2, 0.25) is 0 Å². The number of carbonyl (C=O) groups is 5. The van der Waals surface area contributed by atoms with Crippen molar-refractivity contribution < 1.29 is 47.7 Å². The number of ether oxygens (including phenoxy) is 5. The van der Waals surface area contributed by atoms with Crippen LogP contribution in [-0.2, 0) is 54.3 Å². The maximum absolute atomic E-state index is 12.0. The molecule has 0 spiro atoms. The highest BCUT2D eigenvalue weighted by atomic mass is 16.6. The molecule has 8 bridgehead atoms. The van der Waals surface area contributed by atoms with E-state index in [0.717, 1.165) is 124 Å². The van der Waals surface area contributed by atoms with E-state index in [0.29, 0.717) is 17.9 Å². The van der Waals surface area contributed by atoms with Gasteiger partial charge >= 0.3 is 29.8 Å². The van der Waals surface area contributed by atoms with Crippen LogP contribution in [0.4, 0.5) is 0 Å². The van der Waals surface area contributed by atoms with Gasteiger partial charge in [-0.2, -0.15) is 0 Å². The highest BCUT2D eigenvalue weighted by Gasteiger charge is 2.63. The molecule has 10 fully saturated rings. The highest BCUT2D eigenvalue weighted by molar-refractivity contribution is 5.76. The van der Waals surface area contributed by atoms with Gasteiger partial charge in [-0.25, -0.2) is 0 Å². The molecule has 12 unspecified atom stereocenters. The Labute approximate surface area is 480 Å². The predicted molar refractivity (Wildman–Crippen MR) is 314 cm³/mol. The lowest BCUT2D eigenvalue weighted by atomic mass is 9.54. The second kappa shape index (κ2) is 28.7. The van der Waals surface area contributed by atoms with Crippen LogP contribution in [0.3, 0.4) is 0 Å². The van der Waals surface area contributed by atoms with Gasteiger partial charge in [0.25, 0.3) is 0 Å². The molecule has 1 aromatic carbocycles. The van der Waals surface area contributed by atoms with Gasteiger partial charge in [0, 0.05) is 5.41 Å². The monoisotopic (exact) mass is 1100 g/mol. The molecule has 0 radical (unpaired) electrons. The molecule has 10 heteroatoms. The summed E-state index contributed by atoms with van der Waals surface area (Å²) in [5, 5.41) is 0. The number of hydrogen-bond donors (Lipinski definition) is 0. The van der Waals surface area contributed by atoms with Crippen molar-refractivity contribution in [1.82, 2.24) is 0 Å². The van der Waals surface area contributed by atoms with Crippen LogP contribution in [0.1, 0.15) is 257 Å². The maximum atomic E-state index is 12.0. The molecule has 10 aliphatic carbocycles. The topological polar surface area (TPSA) is 132 Å². The number of fused-ring (bicyclic) bond motifs is 7. The summed E-state index contributed by atoms with van der Waals surface area (Å²) in [6.07, 6.45) is 28.9. The molecular formula is C69H112O10. The molecule has 0 heterocycles. The standard InChI is InChI=1S/2C15H24O2.C15H26O2.C13H18O2.C11H20O2/c1-3-10(2)14(16)17-15-7-11-4-12(8-15)6-13(5-11)9-15;1-3-9(2)15(16)17-14-8-10-7-13(14)12-6-4-5-11(10)12;1-6-10(2)13(16)17-12-9-11-7-8-15(12,5)14(11,3)4;1-4-13(2,3)12(14)15-10-11-8-6-5-7-9-11;1-3-9(2)11(12)13-10-7-5-4-6-8-10/h10-13H,3-9H2,1-2H3;9-14H,3-8H2,1-2H3;10-12H,6-9H2,1-5H3;5-9H,4,10H2,1-3H3;9-10H,3-8H2,1-2H3. The van der Waals surface area contributed by atoms with Crippen molar-refractivity contribution in [3.63, 3.8) is 0 Å². The van der Waals surface area contributed by atoms with Crippen LogP contribution in [0.25, 0.3) is 0 Å². The van der Waals surface area contributed by atoms with Crippen LogP contribution in [0.2, 0.25) is 0 Å². The maximum Gasteiger partial charge on any atom is 0.311 e. The zero-order valence-electron chi connectivity index (χ0n) is 52.3. The van der Waals surface area contributed by atoms with Crippen LogP contribution in [0, 0.1) is 87.3 Å². The quantitative estimate of drug-likeness (QED) is 0.116. The predicted octanol–water partition coefficient (Wildman–Crippen LogP) is 16.8. The van der Waals surface area contributed by atoms with Gasteiger partial charge in [0.1, 0.15) is 30.5 Å². The van der Waals surface area contributed by atoms with Gasteiger partial charge < -0.3 is 23.7 Å². The molecule has 448 valence electrons. The minimum atomic E-state index is -0.380. The summed E-state index contributed by atoms with van der Waals surface area (Å²) < 4.78 is 28.2. The van der Waals surface area contributed by atoms with Crippen molar-refractivity contribution in [2.24, 2.45) is 87.3 Å². The molecule has 0 aromatic heterocycles. The molecule has 10 aliphatic rings. The second-order valence-corrected chi connectivity index (χ2v) is 28.4. The van der Waals surface area contributed by atoms with Crippen LogP contribution in [-0.4, -0.2) is 53.8 Å². The molecule has 11 rings (SSSR count). The number of carbonyl (C=O) groups excluding carboxylic acids is 5. The summed E-state index contributed by atoms with van der Waals surface area (Å²) in [5.74, 6) is 6.98. The van der Waals surface area contributed by atoms with E-state index in [1.807, 2.05) is 92.6 Å². The van der Waals surface area contributed by atoms with E-state index in [1.165, 1.54) is 77.0 Å². The molecule has 0 saturated heterocycles. The van der Waals surface area contributed by atoms with Gasteiger partial charge in [-0.3, -0.25) is 24.0 Å². The number of benzene rings is 1. The summed E-state index contributed by atoms with van der Waals surface area (Å²) in [7, 11) is 0. The largest absolute Gasteiger partial charge is 0.462 e. The van der Waals surface area contributed by atoms with Crippen LogP contribution in [0.15, 0.2) is 30.3 Å². The van der Waals surface area contributed by atoms with Crippen molar-refractivity contribution in [3.05, 3.63) is 35.9 Å². The summed E-state index contributed by atoms with van der Waals surface area (Å²) in [6.45, 7) is 29.2. The van der Waals surface area contributed by atoms with Crippen molar-refractivity contribution in [1.29, 1.82) is 0 Å². The Morgan fingerprint density at radius 2 is 1.09 bits per heavy atom. The number of esters is 5. The van der Waals surface area contributed by atoms with E-state index in [4.69, 9.17) is 23.7 Å². The minimum Gasteiger partial charge on any atom is -0.462 e. The van der Waals surface area contributed by atoms with Gasteiger partial charge in [0.05, 0.1) is 29.1 Å². The van der Waals surface area contributed by atoms with Crippen LogP contribution in [0.5, 0.6) is 0 Å². The minimum absolute atomic E-state index is 0.00192. The molecule has 0 N–H and O–H groups in total. The number of hydrogen-bond acceptors (Lipinski definition) is 10. The third kappa shape index (κ3) is 16.2. The lowest BCUT2D eigenvalue weighted by Crippen LogP contribution is -2.53. The summed E-state index contributed by atoms with van der Waals surface area (Å²) >= 11 is 0. The highest BCUT2D eigenvalue weighted by Crippen LogP contribution is 2.66. The van der Waals surface area contributed by atoms with Crippen molar-refractivity contribution in [2.45, 2.75) is 282 Å². The average Bonchev–Trinajstić information content (AvgIpc) is 4.29. The summed E-state index contributed by atoms with van der Waals surface area (Å²) in [5.41, 5.74) is 1.12. The van der Waals surface area contributed by atoms with Crippen molar-refractivity contribution in [2.75, 3.05) is 0 Å². The molecular weight excluding hydrogens is 989 g/mol. The van der Waals surface area contributed by atoms with Crippen molar-refractivity contribution >= 4 is 29.8 Å². The lowest BCUT2D eigenvalue weighted by molar-refractivity contribution is -0.190. The molecule has 79 heavy (non-hydrogen) atoms. The third-order valence-corrected chi connectivity index (χ3v) is 22.5. The van der Waals surface area contributed by atoms with E-state index in [2.05, 4.69) is 34.6 Å². The molecule has 0 amide bonds. The van der Waals surface area contributed by atoms with Gasteiger partial charge in [-0.1, -0.05) is 126 Å². The fraction of sp³-hybridized carbons (Fsp3) is 0.841. The Hall–Kier alpha value is -3.43. The Balaban J connectivity index is 0.000000160. The van der Waals surface area contributed by atoms with E-state index in [-0.39, 0.29) is 88.3 Å². The summed E-state index contributed by atoms with van der Waals surface area (Å²) in [4.78, 5) is 58.9. The van der Waals surface area contributed by atoms with Gasteiger partial charge in [0.15, 0.2) is 0 Å². The lowest BCUT2D eigenvalue weighted by Gasteiger charge is -2.55. The molecule has 10 nitrogen and oxygen atoms in total. The normalized spacial score (nSPS) is 33.5.